The van der Waals surface area contributed by atoms with Crippen LogP contribution in [0.3, 0.4) is 0 Å². The number of carbonyl (C=O) groups is 2. The van der Waals surface area contributed by atoms with Crippen molar-refractivity contribution < 1.29 is 19.1 Å². The molecule has 1 unspecified atom stereocenters. The average molecular weight is 300 g/mol. The molecule has 0 saturated heterocycles. The van der Waals surface area contributed by atoms with Crippen LogP contribution in [0.25, 0.3) is 0 Å². The maximum absolute atomic E-state index is 12.2. The highest BCUT2D eigenvalue weighted by atomic mass is 16.5. The van der Waals surface area contributed by atoms with Crippen LogP contribution in [0.5, 0.6) is 0 Å². The highest BCUT2D eigenvalue weighted by Crippen LogP contribution is 2.29. The maximum Gasteiger partial charge on any atom is 0.312 e. The van der Waals surface area contributed by atoms with Gasteiger partial charge in [-0.25, -0.2) is 0 Å². The summed E-state index contributed by atoms with van der Waals surface area (Å²) in [5, 5.41) is 0. The zero-order valence-electron chi connectivity index (χ0n) is 15.0. The number of ether oxygens (including phenoxy) is 2. The third-order valence-corrected chi connectivity index (χ3v) is 3.11. The van der Waals surface area contributed by atoms with Crippen LogP contribution in [0.4, 0.5) is 0 Å². The van der Waals surface area contributed by atoms with E-state index >= 15 is 0 Å². The first kappa shape index (κ1) is 19.9. The molecule has 1 atom stereocenters. The molecule has 0 aromatic carbocycles. The molecule has 0 N–H and O–H groups in total. The highest BCUT2D eigenvalue weighted by molar-refractivity contribution is 5.83. The van der Waals surface area contributed by atoms with E-state index in [2.05, 4.69) is 0 Å². The number of rotatable bonds is 6. The van der Waals surface area contributed by atoms with Crippen LogP contribution in [0.15, 0.2) is 0 Å². The van der Waals surface area contributed by atoms with E-state index in [0.29, 0.717) is 19.6 Å². The van der Waals surface area contributed by atoms with Gasteiger partial charge in [0.2, 0.25) is 0 Å². The molecule has 4 heteroatoms. The SMILES string of the molecule is CCC(C)(CC(=O)OCC(C)(C)C)C(=O)OCC(C)(C)C. The van der Waals surface area contributed by atoms with Crippen molar-refractivity contribution in [2.75, 3.05) is 13.2 Å². The first-order valence-corrected chi connectivity index (χ1v) is 7.62. The summed E-state index contributed by atoms with van der Waals surface area (Å²) in [6.07, 6.45) is 0.600. The summed E-state index contributed by atoms with van der Waals surface area (Å²) >= 11 is 0. The van der Waals surface area contributed by atoms with Crippen LogP contribution >= 0.6 is 0 Å². The smallest absolute Gasteiger partial charge is 0.312 e. The van der Waals surface area contributed by atoms with E-state index in [1.54, 1.807) is 6.92 Å². The van der Waals surface area contributed by atoms with Gasteiger partial charge >= 0.3 is 11.9 Å². The van der Waals surface area contributed by atoms with E-state index in [1.165, 1.54) is 0 Å². The largest absolute Gasteiger partial charge is 0.465 e. The average Bonchev–Trinajstić information content (AvgIpc) is 2.31. The molecular formula is C17H32O4. The molecule has 0 aromatic heterocycles. The molecule has 0 heterocycles. The van der Waals surface area contributed by atoms with E-state index in [0.717, 1.165) is 0 Å². The molecule has 0 saturated carbocycles. The molecule has 0 aliphatic heterocycles. The minimum Gasteiger partial charge on any atom is -0.465 e. The first-order chi connectivity index (χ1) is 9.29. The first-order valence-electron chi connectivity index (χ1n) is 7.62. The van der Waals surface area contributed by atoms with Crippen LogP contribution in [0.2, 0.25) is 0 Å². The van der Waals surface area contributed by atoms with Gasteiger partial charge in [0.15, 0.2) is 0 Å². The molecule has 0 radical (unpaired) electrons. The zero-order chi connectivity index (χ0) is 16.9. The topological polar surface area (TPSA) is 52.6 Å². The van der Waals surface area contributed by atoms with Gasteiger partial charge in [0.05, 0.1) is 25.0 Å². The van der Waals surface area contributed by atoms with Gasteiger partial charge in [0.1, 0.15) is 0 Å². The summed E-state index contributed by atoms with van der Waals surface area (Å²) in [6, 6.07) is 0. The van der Waals surface area contributed by atoms with Crippen molar-refractivity contribution in [3.63, 3.8) is 0 Å². The molecule has 124 valence electrons. The van der Waals surface area contributed by atoms with Crippen molar-refractivity contribution >= 4 is 11.9 Å². The number of esters is 2. The fourth-order valence-corrected chi connectivity index (χ4v) is 1.46. The Morgan fingerprint density at radius 2 is 1.24 bits per heavy atom. The van der Waals surface area contributed by atoms with E-state index in [1.807, 2.05) is 48.5 Å². The van der Waals surface area contributed by atoms with Crippen molar-refractivity contribution in [2.45, 2.75) is 68.2 Å². The molecule has 4 nitrogen and oxygen atoms in total. The second-order valence-corrected chi connectivity index (χ2v) is 8.45. The summed E-state index contributed by atoms with van der Waals surface area (Å²) in [6.45, 7) is 16.3. The molecule has 21 heavy (non-hydrogen) atoms. The van der Waals surface area contributed by atoms with Gasteiger partial charge in [0.25, 0.3) is 0 Å². The van der Waals surface area contributed by atoms with Crippen molar-refractivity contribution in [1.29, 1.82) is 0 Å². The fourth-order valence-electron chi connectivity index (χ4n) is 1.46. The summed E-state index contributed by atoms with van der Waals surface area (Å²) < 4.78 is 10.6. The van der Waals surface area contributed by atoms with Gasteiger partial charge in [-0.3, -0.25) is 9.59 Å². The lowest BCUT2D eigenvalue weighted by molar-refractivity contribution is -0.165. The van der Waals surface area contributed by atoms with Crippen LogP contribution in [0.1, 0.15) is 68.2 Å². The van der Waals surface area contributed by atoms with E-state index in [-0.39, 0.29) is 29.2 Å². The van der Waals surface area contributed by atoms with Crippen molar-refractivity contribution in [1.82, 2.24) is 0 Å². The molecular weight excluding hydrogens is 268 g/mol. The summed E-state index contributed by atoms with van der Waals surface area (Å²) in [5.74, 6) is -0.672. The maximum atomic E-state index is 12.2. The lowest BCUT2D eigenvalue weighted by atomic mass is 9.84. The number of hydrogen-bond acceptors (Lipinski definition) is 4. The Morgan fingerprint density at radius 3 is 1.62 bits per heavy atom. The molecule has 0 fully saturated rings. The Bertz CT molecular complexity index is 360. The van der Waals surface area contributed by atoms with E-state index in [9.17, 15) is 9.59 Å². The molecule has 0 amide bonds. The third kappa shape index (κ3) is 8.74. The lowest BCUT2D eigenvalue weighted by Crippen LogP contribution is -2.35. The van der Waals surface area contributed by atoms with Crippen LogP contribution in [0, 0.1) is 16.2 Å². The van der Waals surface area contributed by atoms with E-state index < -0.39 is 5.41 Å². The number of hydrogen-bond donors (Lipinski definition) is 0. The van der Waals surface area contributed by atoms with Crippen LogP contribution in [-0.2, 0) is 19.1 Å². The molecule has 0 bridgehead atoms. The van der Waals surface area contributed by atoms with Crippen molar-refractivity contribution in [3.8, 4) is 0 Å². The zero-order valence-corrected chi connectivity index (χ0v) is 15.0. The summed E-state index contributed by atoms with van der Waals surface area (Å²) in [5.41, 5.74) is -0.984. The van der Waals surface area contributed by atoms with Crippen molar-refractivity contribution in [2.24, 2.45) is 16.2 Å². The van der Waals surface area contributed by atoms with Gasteiger partial charge in [0, 0.05) is 0 Å². The third-order valence-electron chi connectivity index (χ3n) is 3.11. The minimum atomic E-state index is -0.819. The Balaban J connectivity index is 4.58. The second kappa shape index (κ2) is 7.28. The van der Waals surface area contributed by atoms with Crippen molar-refractivity contribution in [3.05, 3.63) is 0 Å². The molecule has 0 spiro atoms. The molecule has 0 aromatic rings. The molecule has 0 aliphatic carbocycles. The van der Waals surface area contributed by atoms with Gasteiger partial charge in [-0.2, -0.15) is 0 Å². The second-order valence-electron chi connectivity index (χ2n) is 8.45. The predicted octanol–water partition coefficient (Wildman–Crippen LogP) is 3.97. The Kier molecular flexibility index (Phi) is 6.91. The Hall–Kier alpha value is -1.06. The van der Waals surface area contributed by atoms with E-state index in [4.69, 9.17) is 9.47 Å². The van der Waals surface area contributed by atoms with Gasteiger partial charge in [-0.1, -0.05) is 48.5 Å². The van der Waals surface area contributed by atoms with Crippen LogP contribution in [-0.4, -0.2) is 25.2 Å². The predicted molar refractivity (Wildman–Crippen MR) is 83.8 cm³/mol. The highest BCUT2D eigenvalue weighted by Gasteiger charge is 2.37. The summed E-state index contributed by atoms with van der Waals surface area (Å²) in [4.78, 5) is 24.2. The number of carbonyl (C=O) groups excluding carboxylic acids is 2. The quantitative estimate of drug-likeness (QED) is 0.696. The minimum absolute atomic E-state index is 0.0581. The normalized spacial score (nSPS) is 15.2. The van der Waals surface area contributed by atoms with Gasteiger partial charge in [-0.05, 0) is 24.2 Å². The fraction of sp³-hybridized carbons (Fsp3) is 0.882. The van der Waals surface area contributed by atoms with Gasteiger partial charge in [-0.15, -0.1) is 0 Å². The van der Waals surface area contributed by atoms with Crippen LogP contribution < -0.4 is 0 Å². The summed E-state index contributed by atoms with van der Waals surface area (Å²) in [7, 11) is 0. The Labute approximate surface area is 129 Å². The van der Waals surface area contributed by atoms with Gasteiger partial charge < -0.3 is 9.47 Å². The Morgan fingerprint density at radius 1 is 0.810 bits per heavy atom. The molecule has 0 aliphatic rings. The molecule has 0 rings (SSSR count). The lowest BCUT2D eigenvalue weighted by Gasteiger charge is -2.28. The standard InChI is InChI=1S/C17H32O4/c1-9-17(8,14(19)21-12-16(5,6)7)10-13(18)20-11-15(2,3)4/h9-12H2,1-8H3. The monoisotopic (exact) mass is 300 g/mol.